The summed E-state index contributed by atoms with van der Waals surface area (Å²) in [5.41, 5.74) is 4.52. The van der Waals surface area contributed by atoms with Gasteiger partial charge in [0, 0.05) is 23.0 Å². The molecule has 88 valence electrons. The smallest absolute Gasteiger partial charge is 0.152 e. The number of nitrogens with zero attached hydrogens (tertiary/aromatic N) is 1. The van der Waals surface area contributed by atoms with Crippen molar-refractivity contribution < 1.29 is 4.79 Å². The maximum atomic E-state index is 11.1. The molecule has 1 saturated carbocycles. The number of aromatic nitrogens is 1. The van der Waals surface area contributed by atoms with Gasteiger partial charge >= 0.3 is 0 Å². The topological polar surface area (TPSA) is 22.0 Å². The maximum absolute atomic E-state index is 11.1. The number of carbonyl (C=O) groups excluding carboxylic acids is 1. The molecular weight excluding hydrogens is 198 g/mol. The monoisotopic (exact) mass is 219 g/mol. The van der Waals surface area contributed by atoms with E-state index in [0.717, 1.165) is 23.1 Å². The van der Waals surface area contributed by atoms with E-state index in [-0.39, 0.29) is 0 Å². The summed E-state index contributed by atoms with van der Waals surface area (Å²) in [6.07, 6.45) is 7.59. The Hall–Kier alpha value is -1.05. The van der Waals surface area contributed by atoms with E-state index in [1.807, 2.05) is 0 Å². The van der Waals surface area contributed by atoms with Crippen LogP contribution in [0.2, 0.25) is 0 Å². The lowest BCUT2D eigenvalue weighted by atomic mass is 9.95. The maximum Gasteiger partial charge on any atom is 0.152 e. The highest BCUT2D eigenvalue weighted by Gasteiger charge is 2.21. The summed E-state index contributed by atoms with van der Waals surface area (Å²) in [5, 5.41) is 0. The third-order valence-electron chi connectivity index (χ3n) is 4.12. The Kier molecular flexibility index (Phi) is 3.17. The van der Waals surface area contributed by atoms with Crippen molar-refractivity contribution in [3.8, 4) is 0 Å². The van der Waals surface area contributed by atoms with Gasteiger partial charge in [-0.25, -0.2) is 0 Å². The summed E-state index contributed by atoms with van der Waals surface area (Å²) in [4.78, 5) is 11.1. The van der Waals surface area contributed by atoms with Gasteiger partial charge in [-0.15, -0.1) is 0 Å². The average molecular weight is 219 g/mol. The fourth-order valence-corrected chi connectivity index (χ4v) is 3.09. The summed E-state index contributed by atoms with van der Waals surface area (Å²) in [6, 6.07) is 0.626. The Bertz CT molecular complexity index is 397. The zero-order chi connectivity index (χ0) is 11.7. The molecule has 2 rings (SSSR count). The van der Waals surface area contributed by atoms with E-state index in [1.165, 1.54) is 37.8 Å². The van der Waals surface area contributed by atoms with E-state index >= 15 is 0 Å². The number of hydrogen-bond acceptors (Lipinski definition) is 1. The first-order valence-electron chi connectivity index (χ1n) is 6.30. The number of carbonyl (C=O) groups is 1. The van der Waals surface area contributed by atoms with Gasteiger partial charge in [0.2, 0.25) is 0 Å². The van der Waals surface area contributed by atoms with Gasteiger partial charge in [0.25, 0.3) is 0 Å². The quantitative estimate of drug-likeness (QED) is 0.695. The number of hydrogen-bond donors (Lipinski definition) is 0. The molecule has 0 saturated heterocycles. The van der Waals surface area contributed by atoms with Crippen molar-refractivity contribution in [1.29, 1.82) is 0 Å². The molecule has 16 heavy (non-hydrogen) atoms. The molecular formula is C14H21NO. The van der Waals surface area contributed by atoms with Crippen LogP contribution >= 0.6 is 0 Å². The zero-order valence-corrected chi connectivity index (χ0v) is 10.5. The Morgan fingerprint density at radius 1 is 1.06 bits per heavy atom. The van der Waals surface area contributed by atoms with Gasteiger partial charge in [-0.2, -0.15) is 0 Å². The van der Waals surface area contributed by atoms with E-state index in [1.54, 1.807) is 0 Å². The minimum atomic E-state index is 0.626. The first kappa shape index (κ1) is 11.4. The van der Waals surface area contributed by atoms with Crippen LogP contribution in [0.5, 0.6) is 0 Å². The lowest BCUT2D eigenvalue weighted by molar-refractivity contribution is 0.112. The van der Waals surface area contributed by atoms with Gasteiger partial charge in [0.1, 0.15) is 0 Å². The fourth-order valence-electron chi connectivity index (χ4n) is 3.09. The van der Waals surface area contributed by atoms with Gasteiger partial charge in [0.15, 0.2) is 6.29 Å². The van der Waals surface area contributed by atoms with Crippen LogP contribution in [0.1, 0.15) is 65.5 Å². The van der Waals surface area contributed by atoms with Crippen LogP contribution in [-0.2, 0) is 0 Å². The second kappa shape index (κ2) is 4.44. The van der Waals surface area contributed by atoms with Gasteiger partial charge < -0.3 is 4.57 Å². The van der Waals surface area contributed by atoms with Crippen molar-refractivity contribution in [1.82, 2.24) is 4.57 Å². The molecule has 0 aliphatic heterocycles. The SMILES string of the molecule is Cc1c(C=O)c(C)n(C2CCCCC2)c1C. The van der Waals surface area contributed by atoms with Crippen LogP contribution in [0.3, 0.4) is 0 Å². The van der Waals surface area contributed by atoms with E-state index in [0.29, 0.717) is 6.04 Å². The summed E-state index contributed by atoms with van der Waals surface area (Å²) >= 11 is 0. The molecule has 1 heterocycles. The van der Waals surface area contributed by atoms with Gasteiger partial charge in [-0.05, 0) is 39.2 Å². The van der Waals surface area contributed by atoms with Crippen LogP contribution in [0.4, 0.5) is 0 Å². The highest BCUT2D eigenvalue weighted by molar-refractivity contribution is 5.80. The summed E-state index contributed by atoms with van der Waals surface area (Å²) in [6.45, 7) is 6.29. The molecule has 1 aliphatic rings. The zero-order valence-electron chi connectivity index (χ0n) is 10.5. The van der Waals surface area contributed by atoms with E-state index in [2.05, 4.69) is 25.3 Å². The summed E-state index contributed by atoms with van der Waals surface area (Å²) in [5.74, 6) is 0. The first-order valence-corrected chi connectivity index (χ1v) is 6.30. The van der Waals surface area contributed by atoms with E-state index in [4.69, 9.17) is 0 Å². The highest BCUT2D eigenvalue weighted by Crippen LogP contribution is 2.33. The highest BCUT2D eigenvalue weighted by atomic mass is 16.1. The molecule has 1 aliphatic carbocycles. The lowest BCUT2D eigenvalue weighted by Gasteiger charge is -2.26. The van der Waals surface area contributed by atoms with Gasteiger partial charge in [0.05, 0.1) is 0 Å². The molecule has 0 unspecified atom stereocenters. The minimum absolute atomic E-state index is 0.626. The molecule has 0 amide bonds. The molecule has 0 bridgehead atoms. The largest absolute Gasteiger partial charge is 0.345 e. The summed E-state index contributed by atoms with van der Waals surface area (Å²) < 4.78 is 2.40. The molecule has 2 heteroatoms. The predicted molar refractivity (Wildman–Crippen MR) is 66.2 cm³/mol. The first-order chi connectivity index (χ1) is 7.66. The summed E-state index contributed by atoms with van der Waals surface area (Å²) in [7, 11) is 0. The van der Waals surface area contributed by atoms with Gasteiger partial charge in [-0.1, -0.05) is 19.3 Å². The molecule has 2 nitrogen and oxygen atoms in total. The second-order valence-electron chi connectivity index (χ2n) is 4.99. The van der Waals surface area contributed by atoms with Crippen molar-refractivity contribution in [2.45, 2.75) is 58.9 Å². The average Bonchev–Trinajstić information content (AvgIpc) is 2.51. The second-order valence-corrected chi connectivity index (χ2v) is 4.99. The van der Waals surface area contributed by atoms with Crippen molar-refractivity contribution in [3.63, 3.8) is 0 Å². The van der Waals surface area contributed by atoms with Gasteiger partial charge in [-0.3, -0.25) is 4.79 Å². The molecule has 0 aromatic carbocycles. The Morgan fingerprint density at radius 2 is 1.69 bits per heavy atom. The minimum Gasteiger partial charge on any atom is -0.345 e. The molecule has 1 aromatic heterocycles. The standard InChI is InChI=1S/C14H21NO/c1-10-11(2)15(12(3)14(10)9-16)13-7-5-4-6-8-13/h9,13H,4-8H2,1-3H3. The Labute approximate surface area is 97.7 Å². The van der Waals surface area contributed by atoms with Crippen LogP contribution < -0.4 is 0 Å². The fraction of sp³-hybridized carbons (Fsp3) is 0.643. The van der Waals surface area contributed by atoms with Crippen molar-refractivity contribution in [2.24, 2.45) is 0 Å². The van der Waals surface area contributed by atoms with Crippen molar-refractivity contribution >= 4 is 6.29 Å². The molecule has 0 N–H and O–H groups in total. The van der Waals surface area contributed by atoms with Crippen molar-refractivity contribution in [2.75, 3.05) is 0 Å². The third-order valence-corrected chi connectivity index (χ3v) is 4.12. The molecule has 1 aromatic rings. The van der Waals surface area contributed by atoms with Crippen LogP contribution in [0.25, 0.3) is 0 Å². The lowest BCUT2D eigenvalue weighted by Crippen LogP contribution is -2.15. The molecule has 0 spiro atoms. The molecule has 1 fully saturated rings. The number of rotatable bonds is 2. The van der Waals surface area contributed by atoms with Crippen molar-refractivity contribution in [3.05, 3.63) is 22.5 Å². The van der Waals surface area contributed by atoms with Crippen LogP contribution in [0, 0.1) is 20.8 Å². The Morgan fingerprint density at radius 3 is 2.19 bits per heavy atom. The Balaban J connectivity index is 2.43. The third kappa shape index (κ3) is 1.70. The van der Waals surface area contributed by atoms with Crippen LogP contribution in [-0.4, -0.2) is 10.9 Å². The number of aldehydes is 1. The van der Waals surface area contributed by atoms with E-state index < -0.39 is 0 Å². The normalized spacial score (nSPS) is 17.7. The van der Waals surface area contributed by atoms with Crippen LogP contribution in [0.15, 0.2) is 0 Å². The molecule has 0 atom stereocenters. The predicted octanol–water partition coefficient (Wildman–Crippen LogP) is 3.73. The molecule has 0 radical (unpaired) electrons. The van der Waals surface area contributed by atoms with E-state index in [9.17, 15) is 4.79 Å².